The first-order valence-corrected chi connectivity index (χ1v) is 8.40. The van der Waals surface area contributed by atoms with Gasteiger partial charge >= 0.3 is 0 Å². The summed E-state index contributed by atoms with van der Waals surface area (Å²) in [6.07, 6.45) is 3.29. The lowest BCUT2D eigenvalue weighted by Gasteiger charge is -2.15. The summed E-state index contributed by atoms with van der Waals surface area (Å²) in [5.74, 6) is -0.109. The second kappa shape index (κ2) is 7.25. The maximum Gasteiger partial charge on any atom is 0.255 e. The van der Waals surface area contributed by atoms with Gasteiger partial charge < -0.3 is 5.32 Å². The summed E-state index contributed by atoms with van der Waals surface area (Å²) in [5, 5.41) is 14.3. The highest BCUT2D eigenvalue weighted by molar-refractivity contribution is 6.05. The number of para-hydroxylation sites is 1. The standard InChI is InChI=1S/C19H21N5O/c1-4-14-7-6-8-15(5-2)18(14)21-19(25)16-9-10-17(13(3)11-16)24-12-20-22-23-24/h6-12H,4-5H2,1-3H3,(H,21,25). The Bertz CT molecular complexity index is 865. The van der Waals surface area contributed by atoms with Crippen molar-refractivity contribution in [2.24, 2.45) is 0 Å². The molecule has 2 aromatic carbocycles. The van der Waals surface area contributed by atoms with Crippen LogP contribution in [0.2, 0.25) is 0 Å². The number of rotatable bonds is 5. The molecule has 3 rings (SSSR count). The first-order valence-electron chi connectivity index (χ1n) is 8.40. The lowest BCUT2D eigenvalue weighted by molar-refractivity contribution is 0.102. The van der Waals surface area contributed by atoms with E-state index in [2.05, 4.69) is 46.8 Å². The predicted octanol–water partition coefficient (Wildman–Crippen LogP) is 3.35. The Hall–Kier alpha value is -3.02. The highest BCUT2D eigenvalue weighted by Crippen LogP contribution is 2.24. The molecule has 25 heavy (non-hydrogen) atoms. The van der Waals surface area contributed by atoms with E-state index < -0.39 is 0 Å². The smallest absolute Gasteiger partial charge is 0.255 e. The Morgan fingerprint density at radius 1 is 1.12 bits per heavy atom. The van der Waals surface area contributed by atoms with Gasteiger partial charge in [-0.3, -0.25) is 4.79 Å². The van der Waals surface area contributed by atoms with Crippen LogP contribution < -0.4 is 5.32 Å². The fourth-order valence-corrected chi connectivity index (χ4v) is 2.91. The van der Waals surface area contributed by atoms with E-state index in [1.165, 1.54) is 6.33 Å². The molecular weight excluding hydrogens is 314 g/mol. The molecule has 0 aliphatic rings. The monoisotopic (exact) mass is 335 g/mol. The third kappa shape index (κ3) is 3.42. The number of aryl methyl sites for hydroxylation is 3. The van der Waals surface area contributed by atoms with Gasteiger partial charge in [0, 0.05) is 11.3 Å². The summed E-state index contributed by atoms with van der Waals surface area (Å²) < 4.78 is 1.58. The van der Waals surface area contributed by atoms with Crippen molar-refractivity contribution in [2.75, 3.05) is 5.32 Å². The number of carbonyl (C=O) groups excluding carboxylic acids is 1. The van der Waals surface area contributed by atoms with Crippen molar-refractivity contribution < 1.29 is 4.79 Å². The van der Waals surface area contributed by atoms with Crippen LogP contribution in [0.1, 0.15) is 40.9 Å². The molecule has 0 spiro atoms. The maximum atomic E-state index is 12.7. The Balaban J connectivity index is 1.89. The minimum absolute atomic E-state index is 0.109. The largest absolute Gasteiger partial charge is 0.321 e. The van der Waals surface area contributed by atoms with Gasteiger partial charge in [-0.15, -0.1) is 5.10 Å². The van der Waals surface area contributed by atoms with Gasteiger partial charge in [0.15, 0.2) is 0 Å². The summed E-state index contributed by atoms with van der Waals surface area (Å²) in [7, 11) is 0. The van der Waals surface area contributed by atoms with Crippen LogP contribution in [0.25, 0.3) is 5.69 Å². The zero-order valence-corrected chi connectivity index (χ0v) is 14.7. The molecule has 0 unspecified atom stereocenters. The Kier molecular flexibility index (Phi) is 4.88. The average molecular weight is 335 g/mol. The summed E-state index contributed by atoms with van der Waals surface area (Å²) in [6, 6.07) is 11.7. The number of hydrogen-bond donors (Lipinski definition) is 1. The summed E-state index contributed by atoms with van der Waals surface area (Å²) in [6.45, 7) is 6.12. The summed E-state index contributed by atoms with van der Waals surface area (Å²) >= 11 is 0. The van der Waals surface area contributed by atoms with Gasteiger partial charge in [-0.05, 0) is 65.1 Å². The van der Waals surface area contributed by atoms with Gasteiger partial charge in [-0.25, -0.2) is 4.68 Å². The second-order valence-corrected chi connectivity index (χ2v) is 5.87. The quantitative estimate of drug-likeness (QED) is 0.776. The van der Waals surface area contributed by atoms with Crippen molar-refractivity contribution in [2.45, 2.75) is 33.6 Å². The molecule has 0 aliphatic carbocycles. The molecule has 1 N–H and O–H groups in total. The van der Waals surface area contributed by atoms with E-state index in [0.717, 1.165) is 40.9 Å². The normalized spacial score (nSPS) is 10.7. The van der Waals surface area contributed by atoms with Gasteiger partial charge in [0.2, 0.25) is 0 Å². The topological polar surface area (TPSA) is 72.7 Å². The zero-order chi connectivity index (χ0) is 17.8. The molecule has 0 radical (unpaired) electrons. The minimum Gasteiger partial charge on any atom is -0.321 e. The lowest BCUT2D eigenvalue weighted by atomic mass is 10.0. The predicted molar refractivity (Wildman–Crippen MR) is 97.0 cm³/mol. The molecule has 6 nitrogen and oxygen atoms in total. The van der Waals surface area contributed by atoms with E-state index in [9.17, 15) is 4.79 Å². The molecule has 0 atom stereocenters. The van der Waals surface area contributed by atoms with E-state index in [4.69, 9.17) is 0 Å². The molecule has 128 valence electrons. The molecular formula is C19H21N5O. The number of benzene rings is 2. The minimum atomic E-state index is -0.109. The molecule has 1 amide bonds. The molecule has 0 aliphatic heterocycles. The average Bonchev–Trinajstić information content (AvgIpc) is 3.16. The van der Waals surface area contributed by atoms with Crippen LogP contribution in [0.3, 0.4) is 0 Å². The van der Waals surface area contributed by atoms with Gasteiger partial charge in [0.05, 0.1) is 5.69 Å². The van der Waals surface area contributed by atoms with Crippen molar-refractivity contribution in [1.82, 2.24) is 20.2 Å². The maximum absolute atomic E-state index is 12.7. The Morgan fingerprint density at radius 3 is 2.40 bits per heavy atom. The third-order valence-corrected chi connectivity index (χ3v) is 4.29. The van der Waals surface area contributed by atoms with Crippen molar-refractivity contribution in [3.63, 3.8) is 0 Å². The fourth-order valence-electron chi connectivity index (χ4n) is 2.91. The van der Waals surface area contributed by atoms with Gasteiger partial charge in [-0.2, -0.15) is 0 Å². The van der Waals surface area contributed by atoms with E-state index in [1.54, 1.807) is 10.7 Å². The van der Waals surface area contributed by atoms with Crippen LogP contribution in [0, 0.1) is 6.92 Å². The zero-order valence-electron chi connectivity index (χ0n) is 14.7. The highest BCUT2D eigenvalue weighted by atomic mass is 16.1. The first-order chi connectivity index (χ1) is 12.1. The summed E-state index contributed by atoms with van der Waals surface area (Å²) in [4.78, 5) is 12.7. The van der Waals surface area contributed by atoms with Crippen LogP contribution in [0.5, 0.6) is 0 Å². The third-order valence-electron chi connectivity index (χ3n) is 4.29. The van der Waals surface area contributed by atoms with Gasteiger partial charge in [0.25, 0.3) is 5.91 Å². The second-order valence-electron chi connectivity index (χ2n) is 5.87. The van der Waals surface area contributed by atoms with Crippen molar-refractivity contribution in [3.8, 4) is 5.69 Å². The van der Waals surface area contributed by atoms with Crippen LogP contribution >= 0.6 is 0 Å². The SMILES string of the molecule is CCc1cccc(CC)c1NC(=O)c1ccc(-n2cnnn2)c(C)c1. The fraction of sp³-hybridized carbons (Fsp3) is 0.263. The van der Waals surface area contributed by atoms with Crippen molar-refractivity contribution in [3.05, 3.63) is 65.0 Å². The molecule has 0 bridgehead atoms. The van der Waals surface area contributed by atoms with Gasteiger partial charge in [0.1, 0.15) is 6.33 Å². The van der Waals surface area contributed by atoms with Gasteiger partial charge in [-0.1, -0.05) is 32.0 Å². The lowest BCUT2D eigenvalue weighted by Crippen LogP contribution is -2.15. The number of amides is 1. The van der Waals surface area contributed by atoms with E-state index in [0.29, 0.717) is 5.56 Å². The molecule has 1 aromatic heterocycles. The van der Waals surface area contributed by atoms with Crippen LogP contribution in [0.15, 0.2) is 42.7 Å². The number of anilines is 1. The number of nitrogens with one attached hydrogen (secondary N) is 1. The first kappa shape index (κ1) is 16.8. The van der Waals surface area contributed by atoms with Crippen LogP contribution in [0.4, 0.5) is 5.69 Å². The number of nitrogens with zero attached hydrogens (tertiary/aromatic N) is 4. The van der Waals surface area contributed by atoms with E-state index in [1.807, 2.05) is 25.1 Å². The number of aromatic nitrogens is 4. The molecule has 1 heterocycles. The van der Waals surface area contributed by atoms with Crippen molar-refractivity contribution >= 4 is 11.6 Å². The van der Waals surface area contributed by atoms with Crippen LogP contribution in [-0.2, 0) is 12.8 Å². The molecule has 6 heteroatoms. The number of hydrogen-bond acceptors (Lipinski definition) is 4. The van der Waals surface area contributed by atoms with Crippen molar-refractivity contribution in [1.29, 1.82) is 0 Å². The molecule has 0 saturated carbocycles. The highest BCUT2D eigenvalue weighted by Gasteiger charge is 2.13. The van der Waals surface area contributed by atoms with E-state index in [-0.39, 0.29) is 5.91 Å². The Morgan fingerprint density at radius 2 is 1.84 bits per heavy atom. The molecule has 0 saturated heterocycles. The Labute approximate surface area is 146 Å². The number of tetrazole rings is 1. The number of carbonyl (C=O) groups is 1. The molecule has 3 aromatic rings. The van der Waals surface area contributed by atoms with E-state index >= 15 is 0 Å². The summed E-state index contributed by atoms with van der Waals surface area (Å²) in [5.41, 5.74) is 5.62. The molecule has 0 fully saturated rings. The van der Waals surface area contributed by atoms with Crippen LogP contribution in [-0.4, -0.2) is 26.1 Å².